The molecule has 9 nitrogen and oxygen atoms in total. The molecule has 6 rings (SSSR count). The van der Waals surface area contributed by atoms with Crippen LogP contribution in [0.4, 0.5) is 32.3 Å². The van der Waals surface area contributed by atoms with Crippen molar-refractivity contribution >= 4 is 22.5 Å². The number of halogens is 6. The molecule has 3 aromatic heterocycles. The minimum Gasteiger partial charge on any atom is -0.479 e. The fraction of sp³-hybridized carbons (Fsp3) is 0.480. The van der Waals surface area contributed by atoms with Gasteiger partial charge in [-0.1, -0.05) is 0 Å². The number of fused-ring (bicyclic) bond motifs is 2. The maximum atomic E-state index is 15.4. The Morgan fingerprint density at radius 3 is 2.65 bits per heavy atom. The molecule has 0 aliphatic carbocycles. The van der Waals surface area contributed by atoms with Gasteiger partial charge in [0.15, 0.2) is 11.6 Å². The number of nitrogens with one attached hydrogen (secondary N) is 1. The smallest absolute Gasteiger partial charge is 0.280 e. The van der Waals surface area contributed by atoms with E-state index in [4.69, 9.17) is 10.8 Å². The highest BCUT2D eigenvalue weighted by Crippen LogP contribution is 2.37. The molecule has 2 aliphatic rings. The molecule has 4 aromatic rings. The van der Waals surface area contributed by atoms with Gasteiger partial charge in [0.1, 0.15) is 16.9 Å². The number of benzene rings is 1. The summed E-state index contributed by atoms with van der Waals surface area (Å²) in [5.41, 5.74) is -0.284. The number of methoxy groups -OCH3 is 1. The second-order valence-corrected chi connectivity index (χ2v) is 9.80. The zero-order valence-electron chi connectivity index (χ0n) is 22.4. The highest BCUT2D eigenvalue weighted by Gasteiger charge is 2.47. The average molecular weight is 571 g/mol. The first kappa shape index (κ1) is 25.4. The minimum atomic E-state index is -3.24. The van der Waals surface area contributed by atoms with Crippen LogP contribution < -0.4 is 10.1 Å². The zero-order valence-corrected chi connectivity index (χ0v) is 21.4. The van der Waals surface area contributed by atoms with Gasteiger partial charge >= 0.3 is 0 Å². The van der Waals surface area contributed by atoms with Crippen LogP contribution in [0, 0.1) is 18.6 Å². The first-order valence-corrected chi connectivity index (χ1v) is 12.4. The number of aryl methyl sites for hydroxylation is 1. The van der Waals surface area contributed by atoms with E-state index in [0.29, 0.717) is 0 Å². The molecular formula is C25H25F6N7O2. The summed E-state index contributed by atoms with van der Waals surface area (Å²) in [4.78, 5) is 9.59. The Bertz CT molecular complexity index is 1640. The number of anilines is 1. The summed E-state index contributed by atoms with van der Waals surface area (Å²) in [6.45, 7) is 0.411. The van der Waals surface area contributed by atoms with E-state index in [0.717, 1.165) is 21.3 Å². The van der Waals surface area contributed by atoms with Gasteiger partial charge in [0, 0.05) is 6.54 Å². The average Bonchev–Trinajstić information content (AvgIpc) is 3.38. The molecule has 1 atom stereocenters. The monoisotopic (exact) mass is 570 g/mol. The van der Waals surface area contributed by atoms with E-state index in [1.807, 2.05) is 0 Å². The molecule has 0 bridgehead atoms. The fourth-order valence-electron chi connectivity index (χ4n) is 5.23. The summed E-state index contributed by atoms with van der Waals surface area (Å²) in [7, 11) is 1.24. The molecule has 0 saturated carbocycles. The van der Waals surface area contributed by atoms with Crippen molar-refractivity contribution in [2.45, 2.75) is 44.3 Å². The van der Waals surface area contributed by atoms with Crippen LogP contribution in [0.1, 0.15) is 13.6 Å². The number of hydrogen-bond donors (Lipinski definition) is 1. The van der Waals surface area contributed by atoms with E-state index >= 15 is 17.6 Å². The van der Waals surface area contributed by atoms with Crippen molar-refractivity contribution in [2.75, 3.05) is 38.7 Å². The first-order chi connectivity index (χ1) is 19.4. The predicted octanol–water partition coefficient (Wildman–Crippen LogP) is 4.13. The van der Waals surface area contributed by atoms with Crippen LogP contribution in [0.5, 0.6) is 5.88 Å². The molecule has 0 unspecified atom stereocenters. The second-order valence-electron chi connectivity index (χ2n) is 9.80. The lowest BCUT2D eigenvalue weighted by Gasteiger charge is -2.44. The van der Waals surface area contributed by atoms with Crippen molar-refractivity contribution in [3.63, 3.8) is 0 Å². The standard InChI is InChI=1S/C25H25F6N7O2/c1-12-32-21-15(26)5-13(6-17(21)37(12)8-19(28)29)20-16(27)7-38-22(20)23(39-2)34-24(35-38)33-18-3-4-36(11-25(18,30)31)14-9-40-10-14/h5-7,14,18-19H,3-4,8-11H2,1-2H3,(H,33,35)/t18-/m1/s1/i14D. The van der Waals surface area contributed by atoms with E-state index in [2.05, 4.69) is 20.4 Å². The normalized spacial score (nSPS) is 21.1. The van der Waals surface area contributed by atoms with E-state index in [-0.39, 0.29) is 71.5 Å². The van der Waals surface area contributed by atoms with Crippen molar-refractivity contribution in [2.24, 2.45) is 0 Å². The molecule has 40 heavy (non-hydrogen) atoms. The molecular weight excluding hydrogens is 544 g/mol. The topological polar surface area (TPSA) is 81.7 Å². The van der Waals surface area contributed by atoms with Crippen LogP contribution in [0.25, 0.3) is 27.7 Å². The molecule has 15 heteroatoms. The molecule has 2 aliphatic heterocycles. The van der Waals surface area contributed by atoms with Gasteiger partial charge in [0.2, 0.25) is 11.8 Å². The van der Waals surface area contributed by atoms with Crippen LogP contribution in [0.2, 0.25) is 0 Å². The number of nitrogens with zero attached hydrogens (tertiary/aromatic N) is 6. The number of hydrogen-bond acceptors (Lipinski definition) is 7. The van der Waals surface area contributed by atoms with Gasteiger partial charge in [-0.2, -0.15) is 4.98 Å². The van der Waals surface area contributed by atoms with Gasteiger partial charge < -0.3 is 19.4 Å². The van der Waals surface area contributed by atoms with E-state index < -0.39 is 49.1 Å². The van der Waals surface area contributed by atoms with Crippen LogP contribution in [-0.2, 0) is 11.3 Å². The molecule has 2 fully saturated rings. The second kappa shape index (κ2) is 9.80. The Balaban J connectivity index is 1.36. The van der Waals surface area contributed by atoms with Crippen LogP contribution in [-0.4, -0.2) is 86.9 Å². The molecule has 1 aromatic carbocycles. The van der Waals surface area contributed by atoms with E-state index in [1.165, 1.54) is 25.0 Å². The SMILES string of the molecule is [2H]C1(N2CC[C@@H](Nc3nc(OC)c4c(-c5cc(F)c6nc(C)n(CC(F)F)c6c5)c(F)cn4n3)C(F)(F)C2)COC1. The van der Waals surface area contributed by atoms with Gasteiger partial charge in [0.25, 0.3) is 12.3 Å². The third kappa shape index (κ3) is 4.50. The molecule has 5 heterocycles. The Hall–Kier alpha value is -3.59. The Morgan fingerprint density at radius 2 is 2.00 bits per heavy atom. The first-order valence-electron chi connectivity index (χ1n) is 12.9. The number of alkyl halides is 4. The lowest BCUT2D eigenvalue weighted by molar-refractivity contribution is -0.131. The zero-order chi connectivity index (χ0) is 29.3. The van der Waals surface area contributed by atoms with Crippen LogP contribution in [0.15, 0.2) is 18.3 Å². The highest BCUT2D eigenvalue weighted by molar-refractivity contribution is 5.90. The summed E-state index contributed by atoms with van der Waals surface area (Å²) in [5, 5.41) is 6.77. The number of aromatic nitrogens is 5. The quantitative estimate of drug-likeness (QED) is 0.335. The number of likely N-dealkylation sites (tertiary alicyclic amines) is 1. The molecule has 214 valence electrons. The number of imidazole rings is 1. The van der Waals surface area contributed by atoms with Crippen molar-refractivity contribution in [3.8, 4) is 17.0 Å². The maximum absolute atomic E-state index is 15.4. The van der Waals surface area contributed by atoms with Crippen LogP contribution in [0.3, 0.4) is 0 Å². The summed E-state index contributed by atoms with van der Waals surface area (Å²) in [6, 6.07) is -0.192. The molecule has 2 saturated heterocycles. The summed E-state index contributed by atoms with van der Waals surface area (Å²) >= 11 is 0. The lowest BCUT2D eigenvalue weighted by Crippen LogP contribution is -2.61. The largest absolute Gasteiger partial charge is 0.479 e. The summed E-state index contributed by atoms with van der Waals surface area (Å²) in [6.07, 6.45) is -1.79. The lowest BCUT2D eigenvalue weighted by atomic mass is 9.98. The van der Waals surface area contributed by atoms with Gasteiger partial charge in [-0.3, -0.25) is 4.90 Å². The van der Waals surface area contributed by atoms with Gasteiger partial charge in [0.05, 0.1) is 64.1 Å². The summed E-state index contributed by atoms with van der Waals surface area (Å²) in [5.74, 6) is -5.22. The maximum Gasteiger partial charge on any atom is 0.280 e. The minimum absolute atomic E-state index is 0.00349. The number of piperidine rings is 1. The third-order valence-corrected chi connectivity index (χ3v) is 7.24. The van der Waals surface area contributed by atoms with E-state index in [1.54, 1.807) is 0 Å². The third-order valence-electron chi connectivity index (χ3n) is 7.24. The molecule has 0 radical (unpaired) electrons. The van der Waals surface area contributed by atoms with Gasteiger partial charge in [-0.25, -0.2) is 35.8 Å². The molecule has 0 spiro atoms. The van der Waals surface area contributed by atoms with Crippen LogP contribution >= 0.6 is 0 Å². The predicted molar refractivity (Wildman–Crippen MR) is 132 cm³/mol. The van der Waals surface area contributed by atoms with Crippen molar-refractivity contribution in [3.05, 3.63) is 35.8 Å². The fourth-order valence-corrected chi connectivity index (χ4v) is 5.23. The molecule has 1 N–H and O–H groups in total. The van der Waals surface area contributed by atoms with Crippen molar-refractivity contribution in [1.29, 1.82) is 0 Å². The van der Waals surface area contributed by atoms with E-state index in [9.17, 15) is 8.78 Å². The van der Waals surface area contributed by atoms with Crippen molar-refractivity contribution in [1.82, 2.24) is 29.0 Å². The number of ether oxygens (including phenoxy) is 2. The van der Waals surface area contributed by atoms with Gasteiger partial charge in [-0.05, 0) is 31.0 Å². The number of rotatable bonds is 7. The Kier molecular flexibility index (Phi) is 6.22. The van der Waals surface area contributed by atoms with Crippen molar-refractivity contribution < 1.29 is 37.2 Å². The summed E-state index contributed by atoms with van der Waals surface area (Å²) < 4.78 is 108. The van der Waals surface area contributed by atoms with Gasteiger partial charge in [-0.15, -0.1) is 5.10 Å². The highest BCUT2D eigenvalue weighted by atomic mass is 19.3. The molecule has 0 amide bonds. The Labute approximate surface area is 225 Å². The Morgan fingerprint density at radius 1 is 1.23 bits per heavy atom.